The maximum absolute atomic E-state index is 13.1. The van der Waals surface area contributed by atoms with Gasteiger partial charge in [-0.25, -0.2) is 8.42 Å². The third-order valence-corrected chi connectivity index (χ3v) is 8.08. The molecule has 8 nitrogen and oxygen atoms in total. The molecule has 1 aliphatic rings. The van der Waals surface area contributed by atoms with E-state index in [0.717, 1.165) is 11.6 Å². The monoisotopic (exact) mass is 479 g/mol. The molecule has 0 spiro atoms. The van der Waals surface area contributed by atoms with Crippen molar-refractivity contribution in [2.24, 2.45) is 5.92 Å². The Hall–Kier alpha value is -2.49. The Morgan fingerprint density at radius 1 is 1.25 bits per heavy atom. The number of amides is 1. The van der Waals surface area contributed by atoms with Gasteiger partial charge < -0.3 is 5.32 Å². The van der Waals surface area contributed by atoms with E-state index in [4.69, 9.17) is 11.6 Å². The highest BCUT2D eigenvalue weighted by molar-refractivity contribution is 7.89. The summed E-state index contributed by atoms with van der Waals surface area (Å²) in [6.45, 7) is 3.94. The Morgan fingerprint density at radius 3 is 2.53 bits per heavy atom. The average molecular weight is 480 g/mol. The van der Waals surface area contributed by atoms with Crippen molar-refractivity contribution in [2.45, 2.75) is 44.0 Å². The lowest BCUT2D eigenvalue weighted by Gasteiger charge is -2.31. The van der Waals surface area contributed by atoms with Crippen LogP contribution in [0.2, 0.25) is 5.02 Å². The standard InChI is InChI=1S/C22H26ClN3O5S/c1-3-20(17-5-4-6-18(23)13-17)24-22(27)16-9-11-25(12-10-16)32(30,31)21-14-19(26(28)29)8-7-15(21)2/h4-8,13-14,16,20H,3,9-12H2,1-2H3,(H,24,27). The van der Waals surface area contributed by atoms with E-state index in [9.17, 15) is 23.3 Å². The largest absolute Gasteiger partial charge is 0.349 e. The minimum absolute atomic E-state index is 0.0680. The number of rotatable bonds is 7. The molecule has 2 aromatic carbocycles. The molecule has 1 unspecified atom stereocenters. The molecule has 1 saturated heterocycles. The average Bonchev–Trinajstić information content (AvgIpc) is 2.77. The number of nitrogens with zero attached hydrogens (tertiary/aromatic N) is 2. The number of carbonyl (C=O) groups is 1. The van der Waals surface area contributed by atoms with Crippen LogP contribution in [-0.4, -0.2) is 36.6 Å². The molecule has 10 heteroatoms. The normalized spacial score (nSPS) is 16.5. The van der Waals surface area contributed by atoms with Gasteiger partial charge in [-0.2, -0.15) is 4.31 Å². The molecule has 32 heavy (non-hydrogen) atoms. The lowest BCUT2D eigenvalue weighted by molar-refractivity contribution is -0.385. The summed E-state index contributed by atoms with van der Waals surface area (Å²) in [5.41, 5.74) is 1.10. The number of hydrogen-bond acceptors (Lipinski definition) is 5. The molecule has 0 aliphatic carbocycles. The Balaban J connectivity index is 1.67. The maximum Gasteiger partial charge on any atom is 0.270 e. The number of nitro groups is 1. The molecule has 0 radical (unpaired) electrons. The molecule has 1 aliphatic heterocycles. The number of nitrogens with one attached hydrogen (secondary N) is 1. The first kappa shape index (κ1) is 24.2. The van der Waals surface area contributed by atoms with Gasteiger partial charge in [0, 0.05) is 36.2 Å². The van der Waals surface area contributed by atoms with Gasteiger partial charge in [0.15, 0.2) is 0 Å². The zero-order valence-corrected chi connectivity index (χ0v) is 19.5. The highest BCUT2D eigenvalue weighted by Gasteiger charge is 2.34. The maximum atomic E-state index is 13.1. The van der Waals surface area contributed by atoms with Crippen LogP contribution in [0.4, 0.5) is 5.69 Å². The summed E-state index contributed by atoms with van der Waals surface area (Å²) in [6, 6.07) is 11.0. The van der Waals surface area contributed by atoms with Crippen molar-refractivity contribution < 1.29 is 18.1 Å². The van der Waals surface area contributed by atoms with Gasteiger partial charge in [-0.1, -0.05) is 36.7 Å². The molecule has 1 atom stereocenters. The number of non-ortho nitro benzene ring substituents is 1. The van der Waals surface area contributed by atoms with Gasteiger partial charge in [-0.05, 0) is 49.4 Å². The summed E-state index contributed by atoms with van der Waals surface area (Å²) >= 11 is 6.07. The number of carbonyl (C=O) groups excluding carboxylic acids is 1. The van der Waals surface area contributed by atoms with Crippen molar-refractivity contribution in [1.29, 1.82) is 0 Å². The fourth-order valence-electron chi connectivity index (χ4n) is 3.91. The molecule has 0 saturated carbocycles. The number of nitro benzene ring substituents is 1. The third kappa shape index (κ3) is 5.28. The Bertz CT molecular complexity index is 1110. The van der Waals surface area contributed by atoms with Gasteiger partial charge in [-0.15, -0.1) is 0 Å². The summed E-state index contributed by atoms with van der Waals surface area (Å²) in [7, 11) is -3.89. The molecule has 1 fully saturated rings. The van der Waals surface area contributed by atoms with Gasteiger partial charge in [0.05, 0.1) is 15.9 Å². The SMILES string of the molecule is CCC(NC(=O)C1CCN(S(=O)(=O)c2cc([N+](=O)[O-])ccc2C)CC1)c1cccc(Cl)c1. The van der Waals surface area contributed by atoms with Crippen molar-refractivity contribution >= 4 is 33.2 Å². The summed E-state index contributed by atoms with van der Waals surface area (Å²) in [5, 5.41) is 14.7. The molecule has 0 bridgehead atoms. The quantitative estimate of drug-likeness (QED) is 0.472. The zero-order chi connectivity index (χ0) is 23.5. The summed E-state index contributed by atoms with van der Waals surface area (Å²) in [5.74, 6) is -0.415. The lowest BCUT2D eigenvalue weighted by atomic mass is 9.96. The van der Waals surface area contributed by atoms with E-state index >= 15 is 0 Å². The van der Waals surface area contributed by atoms with Crippen molar-refractivity contribution in [3.63, 3.8) is 0 Å². The molecule has 1 heterocycles. The minimum Gasteiger partial charge on any atom is -0.349 e. The minimum atomic E-state index is -3.89. The molecule has 1 amide bonds. The first-order chi connectivity index (χ1) is 15.1. The molecular weight excluding hydrogens is 454 g/mol. The fraction of sp³-hybridized carbons (Fsp3) is 0.409. The lowest BCUT2D eigenvalue weighted by Crippen LogP contribution is -2.43. The highest BCUT2D eigenvalue weighted by atomic mass is 35.5. The number of benzene rings is 2. The van der Waals surface area contributed by atoms with E-state index in [2.05, 4.69) is 5.32 Å². The summed E-state index contributed by atoms with van der Waals surface area (Å²) < 4.78 is 27.5. The van der Waals surface area contributed by atoms with E-state index in [1.165, 1.54) is 16.4 Å². The number of halogens is 1. The van der Waals surface area contributed by atoms with Crippen LogP contribution in [0, 0.1) is 23.0 Å². The van der Waals surface area contributed by atoms with E-state index in [-0.39, 0.29) is 41.5 Å². The van der Waals surface area contributed by atoms with Crippen LogP contribution >= 0.6 is 11.6 Å². The topological polar surface area (TPSA) is 110 Å². The van der Waals surface area contributed by atoms with Crippen molar-refractivity contribution in [3.05, 3.63) is 68.7 Å². The molecule has 172 valence electrons. The predicted octanol–water partition coefficient (Wildman–Crippen LogP) is 4.22. The molecule has 0 aromatic heterocycles. The van der Waals surface area contributed by atoms with Crippen LogP contribution in [0.3, 0.4) is 0 Å². The Labute approximate surface area is 192 Å². The number of hydrogen-bond donors (Lipinski definition) is 1. The summed E-state index contributed by atoms with van der Waals surface area (Å²) in [6.07, 6.45) is 1.46. The first-order valence-electron chi connectivity index (χ1n) is 10.4. The molecule has 1 N–H and O–H groups in total. The van der Waals surface area contributed by atoms with Gasteiger partial charge >= 0.3 is 0 Å². The smallest absolute Gasteiger partial charge is 0.270 e. The second-order valence-corrected chi connectivity index (χ2v) is 10.3. The van der Waals surface area contributed by atoms with Gasteiger partial charge in [0.2, 0.25) is 15.9 Å². The Morgan fingerprint density at radius 2 is 1.94 bits per heavy atom. The van der Waals surface area contributed by atoms with Crippen molar-refractivity contribution in [1.82, 2.24) is 9.62 Å². The number of aryl methyl sites for hydroxylation is 1. The van der Waals surface area contributed by atoms with E-state index < -0.39 is 14.9 Å². The molecule has 2 aromatic rings. The van der Waals surface area contributed by atoms with Gasteiger partial charge in [-0.3, -0.25) is 14.9 Å². The van der Waals surface area contributed by atoms with Crippen LogP contribution < -0.4 is 5.32 Å². The second kappa shape index (κ2) is 9.97. The van der Waals surface area contributed by atoms with E-state index in [1.54, 1.807) is 13.0 Å². The predicted molar refractivity (Wildman–Crippen MR) is 122 cm³/mol. The van der Waals surface area contributed by atoms with Crippen LogP contribution in [-0.2, 0) is 14.8 Å². The van der Waals surface area contributed by atoms with Crippen LogP contribution in [0.15, 0.2) is 47.4 Å². The third-order valence-electron chi connectivity index (χ3n) is 5.80. The molecular formula is C22H26ClN3O5S. The Kier molecular flexibility index (Phi) is 7.53. The van der Waals surface area contributed by atoms with Gasteiger partial charge in [0.1, 0.15) is 0 Å². The summed E-state index contributed by atoms with van der Waals surface area (Å²) in [4.78, 5) is 23.2. The van der Waals surface area contributed by atoms with Crippen molar-refractivity contribution in [3.8, 4) is 0 Å². The van der Waals surface area contributed by atoms with E-state index in [0.29, 0.717) is 29.8 Å². The molecule has 3 rings (SSSR count). The van der Waals surface area contributed by atoms with Gasteiger partial charge in [0.25, 0.3) is 5.69 Å². The number of sulfonamides is 1. The fourth-order valence-corrected chi connectivity index (χ4v) is 5.82. The van der Waals surface area contributed by atoms with E-state index in [1.807, 2.05) is 25.1 Å². The van der Waals surface area contributed by atoms with Crippen LogP contribution in [0.25, 0.3) is 0 Å². The second-order valence-electron chi connectivity index (χ2n) is 7.91. The zero-order valence-electron chi connectivity index (χ0n) is 18.0. The van der Waals surface area contributed by atoms with Crippen LogP contribution in [0.5, 0.6) is 0 Å². The number of piperidine rings is 1. The van der Waals surface area contributed by atoms with Crippen molar-refractivity contribution in [2.75, 3.05) is 13.1 Å². The first-order valence-corrected chi connectivity index (χ1v) is 12.3. The highest BCUT2D eigenvalue weighted by Crippen LogP contribution is 2.29. The van der Waals surface area contributed by atoms with Crippen LogP contribution in [0.1, 0.15) is 43.4 Å².